The summed E-state index contributed by atoms with van der Waals surface area (Å²) in [5.74, 6) is 0.394. The highest BCUT2D eigenvalue weighted by Gasteiger charge is 2.20. The maximum absolute atomic E-state index is 11.3. The summed E-state index contributed by atoms with van der Waals surface area (Å²) in [6.45, 7) is 8.15. The number of carbonyl (C=O) groups excluding carboxylic acids is 1. The summed E-state index contributed by atoms with van der Waals surface area (Å²) in [6, 6.07) is 0.268. The summed E-state index contributed by atoms with van der Waals surface area (Å²) in [5.41, 5.74) is 0. The molecule has 72 valence electrons. The number of amides is 1. The summed E-state index contributed by atoms with van der Waals surface area (Å²) in [6.07, 6.45) is 0. The van der Waals surface area contributed by atoms with Crippen LogP contribution in [0.2, 0.25) is 0 Å². The molecular formula is C9H20N2O. The molecular weight excluding hydrogens is 152 g/mol. The first kappa shape index (κ1) is 11.4. The van der Waals surface area contributed by atoms with Crippen LogP contribution in [0.5, 0.6) is 0 Å². The van der Waals surface area contributed by atoms with E-state index in [0.717, 1.165) is 0 Å². The van der Waals surface area contributed by atoms with Crippen molar-refractivity contribution < 1.29 is 4.79 Å². The van der Waals surface area contributed by atoms with Gasteiger partial charge in [0.05, 0.1) is 6.04 Å². The van der Waals surface area contributed by atoms with Gasteiger partial charge in [-0.25, -0.2) is 0 Å². The Morgan fingerprint density at radius 2 is 1.67 bits per heavy atom. The molecule has 0 rings (SSSR count). The van der Waals surface area contributed by atoms with Gasteiger partial charge in [0.25, 0.3) is 0 Å². The second kappa shape index (κ2) is 5.14. The Morgan fingerprint density at radius 3 is 1.92 bits per heavy atom. The van der Waals surface area contributed by atoms with E-state index in [0.29, 0.717) is 12.0 Å². The highest BCUT2D eigenvalue weighted by molar-refractivity contribution is 5.81. The Kier molecular flexibility index (Phi) is 4.90. The van der Waals surface area contributed by atoms with Gasteiger partial charge in [-0.15, -0.1) is 0 Å². The van der Waals surface area contributed by atoms with E-state index in [1.54, 1.807) is 7.05 Å². The minimum Gasteiger partial charge on any atom is -0.358 e. The minimum atomic E-state index is -0.0741. The van der Waals surface area contributed by atoms with Gasteiger partial charge in [0.1, 0.15) is 0 Å². The minimum absolute atomic E-state index is 0.0682. The molecule has 0 fully saturated rings. The number of rotatable bonds is 4. The molecule has 0 saturated carbocycles. The third-order valence-electron chi connectivity index (χ3n) is 1.71. The summed E-state index contributed by atoms with van der Waals surface area (Å²) in [5, 5.41) is 5.87. The van der Waals surface area contributed by atoms with Gasteiger partial charge in [0.15, 0.2) is 0 Å². The molecule has 0 aromatic carbocycles. The smallest absolute Gasteiger partial charge is 0.237 e. The van der Waals surface area contributed by atoms with Crippen molar-refractivity contribution in [1.29, 1.82) is 0 Å². The SMILES string of the molecule is CNC(=O)[C@H](NC(C)C)C(C)C. The predicted molar refractivity (Wildman–Crippen MR) is 51.0 cm³/mol. The average molecular weight is 172 g/mol. The standard InChI is InChI=1S/C9H20N2O/c1-6(2)8(9(12)10-5)11-7(3)4/h6-8,11H,1-5H3,(H,10,12)/t8-/m1/s1. The molecule has 3 nitrogen and oxygen atoms in total. The van der Waals surface area contributed by atoms with E-state index in [2.05, 4.69) is 10.6 Å². The van der Waals surface area contributed by atoms with Crippen LogP contribution in [0, 0.1) is 5.92 Å². The fourth-order valence-corrected chi connectivity index (χ4v) is 1.09. The number of likely N-dealkylation sites (N-methyl/N-ethyl adjacent to an activating group) is 1. The predicted octanol–water partition coefficient (Wildman–Crippen LogP) is 0.755. The van der Waals surface area contributed by atoms with Crippen LogP contribution in [0.4, 0.5) is 0 Å². The van der Waals surface area contributed by atoms with Crippen molar-refractivity contribution in [3.63, 3.8) is 0 Å². The molecule has 2 N–H and O–H groups in total. The first-order chi connectivity index (χ1) is 5.49. The molecule has 0 saturated heterocycles. The van der Waals surface area contributed by atoms with Crippen molar-refractivity contribution in [2.75, 3.05) is 7.05 Å². The van der Waals surface area contributed by atoms with Crippen molar-refractivity contribution in [2.45, 2.75) is 39.8 Å². The number of carbonyl (C=O) groups is 1. The van der Waals surface area contributed by atoms with Gasteiger partial charge in [-0.2, -0.15) is 0 Å². The van der Waals surface area contributed by atoms with Gasteiger partial charge in [-0.3, -0.25) is 4.79 Å². The molecule has 0 unspecified atom stereocenters. The Labute approximate surface area is 74.9 Å². The van der Waals surface area contributed by atoms with Gasteiger partial charge in [-0.05, 0) is 5.92 Å². The summed E-state index contributed by atoms with van der Waals surface area (Å²) >= 11 is 0. The molecule has 0 aliphatic heterocycles. The second-order valence-electron chi connectivity index (χ2n) is 3.66. The van der Waals surface area contributed by atoms with E-state index in [1.165, 1.54) is 0 Å². The molecule has 0 aliphatic carbocycles. The third-order valence-corrected chi connectivity index (χ3v) is 1.71. The van der Waals surface area contributed by atoms with Crippen LogP contribution in [0.1, 0.15) is 27.7 Å². The fraction of sp³-hybridized carbons (Fsp3) is 0.889. The van der Waals surface area contributed by atoms with Gasteiger partial charge in [0.2, 0.25) is 5.91 Å². The highest BCUT2D eigenvalue weighted by atomic mass is 16.2. The van der Waals surface area contributed by atoms with Crippen LogP contribution in [0.3, 0.4) is 0 Å². The van der Waals surface area contributed by atoms with E-state index >= 15 is 0 Å². The molecule has 0 bridgehead atoms. The highest BCUT2D eigenvalue weighted by Crippen LogP contribution is 2.02. The van der Waals surface area contributed by atoms with Crippen LogP contribution < -0.4 is 10.6 Å². The molecule has 0 aromatic heterocycles. The first-order valence-corrected chi connectivity index (χ1v) is 4.46. The average Bonchev–Trinajstić information content (AvgIpc) is 1.98. The van der Waals surface area contributed by atoms with Crippen molar-refractivity contribution in [3.8, 4) is 0 Å². The Hall–Kier alpha value is -0.570. The van der Waals surface area contributed by atoms with Gasteiger partial charge in [0, 0.05) is 13.1 Å². The lowest BCUT2D eigenvalue weighted by Gasteiger charge is -2.22. The van der Waals surface area contributed by atoms with Crippen LogP contribution >= 0.6 is 0 Å². The lowest BCUT2D eigenvalue weighted by atomic mass is 10.0. The zero-order chi connectivity index (χ0) is 9.72. The fourth-order valence-electron chi connectivity index (χ4n) is 1.09. The van der Waals surface area contributed by atoms with Gasteiger partial charge < -0.3 is 10.6 Å². The molecule has 0 radical (unpaired) electrons. The van der Waals surface area contributed by atoms with E-state index in [4.69, 9.17) is 0 Å². The van der Waals surface area contributed by atoms with Crippen molar-refractivity contribution in [2.24, 2.45) is 5.92 Å². The third kappa shape index (κ3) is 3.72. The molecule has 0 heterocycles. The topological polar surface area (TPSA) is 41.1 Å². The van der Waals surface area contributed by atoms with Gasteiger partial charge in [-0.1, -0.05) is 27.7 Å². The molecule has 12 heavy (non-hydrogen) atoms. The number of nitrogens with one attached hydrogen (secondary N) is 2. The molecule has 0 aliphatic rings. The van der Waals surface area contributed by atoms with Crippen LogP contribution in [-0.2, 0) is 4.79 Å². The molecule has 1 amide bonds. The summed E-state index contributed by atoms with van der Waals surface area (Å²) in [4.78, 5) is 11.3. The Bertz CT molecular complexity index is 143. The lowest BCUT2D eigenvalue weighted by molar-refractivity contribution is -0.123. The number of hydrogen-bond donors (Lipinski definition) is 2. The van der Waals surface area contributed by atoms with Crippen molar-refractivity contribution >= 4 is 5.91 Å². The van der Waals surface area contributed by atoms with Crippen LogP contribution in [0.25, 0.3) is 0 Å². The van der Waals surface area contributed by atoms with Gasteiger partial charge >= 0.3 is 0 Å². The zero-order valence-electron chi connectivity index (χ0n) is 8.64. The van der Waals surface area contributed by atoms with Crippen molar-refractivity contribution in [1.82, 2.24) is 10.6 Å². The number of hydrogen-bond acceptors (Lipinski definition) is 2. The molecule has 1 atom stereocenters. The first-order valence-electron chi connectivity index (χ1n) is 4.46. The van der Waals surface area contributed by atoms with Crippen LogP contribution in [0.15, 0.2) is 0 Å². The van der Waals surface area contributed by atoms with E-state index in [1.807, 2.05) is 27.7 Å². The van der Waals surface area contributed by atoms with Crippen LogP contribution in [-0.4, -0.2) is 25.0 Å². The zero-order valence-corrected chi connectivity index (χ0v) is 8.64. The lowest BCUT2D eigenvalue weighted by Crippen LogP contribution is -2.48. The normalized spacial score (nSPS) is 13.6. The maximum Gasteiger partial charge on any atom is 0.237 e. The Morgan fingerprint density at radius 1 is 1.17 bits per heavy atom. The van der Waals surface area contributed by atoms with Crippen molar-refractivity contribution in [3.05, 3.63) is 0 Å². The molecule has 0 spiro atoms. The summed E-state index contributed by atoms with van der Waals surface area (Å²) < 4.78 is 0. The monoisotopic (exact) mass is 172 g/mol. The van der Waals surface area contributed by atoms with E-state index in [9.17, 15) is 4.79 Å². The summed E-state index contributed by atoms with van der Waals surface area (Å²) in [7, 11) is 1.67. The quantitative estimate of drug-likeness (QED) is 0.657. The largest absolute Gasteiger partial charge is 0.358 e. The second-order valence-corrected chi connectivity index (χ2v) is 3.66. The molecule has 0 aromatic rings. The maximum atomic E-state index is 11.3. The van der Waals surface area contributed by atoms with E-state index < -0.39 is 0 Å². The molecule has 3 heteroatoms. The van der Waals surface area contributed by atoms with E-state index in [-0.39, 0.29) is 11.9 Å². The Balaban J connectivity index is 4.13.